The molecule has 4 aromatic carbocycles. The van der Waals surface area contributed by atoms with E-state index in [0.29, 0.717) is 34.1 Å². The number of carbonyl (C=O) groups is 2. The molecule has 9 nitrogen and oxygen atoms in total. The van der Waals surface area contributed by atoms with Crippen molar-refractivity contribution < 1.29 is 33.3 Å². The van der Waals surface area contributed by atoms with Gasteiger partial charge >= 0.3 is 5.97 Å². The van der Waals surface area contributed by atoms with E-state index in [1.54, 1.807) is 37.4 Å². The number of fused-ring (bicyclic) bond motifs is 1. The van der Waals surface area contributed by atoms with Crippen LogP contribution in [-0.2, 0) is 0 Å². The molecule has 0 saturated carbocycles. The Balaban J connectivity index is 1.62. The van der Waals surface area contributed by atoms with E-state index in [2.05, 4.69) is 10.5 Å². The van der Waals surface area contributed by atoms with Crippen molar-refractivity contribution in [2.45, 2.75) is 0 Å². The first kappa shape index (κ1) is 26.0. The molecular weight excluding hydrogens is 488 g/mol. The van der Waals surface area contributed by atoms with Crippen LogP contribution in [0.2, 0.25) is 0 Å². The first-order chi connectivity index (χ1) is 18.5. The predicted octanol–water partition coefficient (Wildman–Crippen LogP) is 4.86. The third-order valence-electron chi connectivity index (χ3n) is 5.75. The minimum atomic E-state index is -0.543. The van der Waals surface area contributed by atoms with Gasteiger partial charge in [0.2, 0.25) is 5.75 Å². The van der Waals surface area contributed by atoms with Gasteiger partial charge in [-0.3, -0.25) is 4.79 Å². The van der Waals surface area contributed by atoms with E-state index in [9.17, 15) is 9.59 Å². The summed E-state index contributed by atoms with van der Waals surface area (Å²) in [5, 5.41) is 5.84. The first-order valence-electron chi connectivity index (χ1n) is 11.5. The molecule has 1 amide bonds. The second-order valence-electron chi connectivity index (χ2n) is 7.93. The highest BCUT2D eigenvalue weighted by molar-refractivity contribution is 6.04. The van der Waals surface area contributed by atoms with E-state index in [0.717, 1.165) is 10.8 Å². The number of ether oxygens (including phenoxy) is 5. The quantitative estimate of drug-likeness (QED) is 0.147. The van der Waals surface area contributed by atoms with E-state index in [1.807, 2.05) is 30.3 Å². The monoisotopic (exact) mass is 514 g/mol. The molecule has 0 aliphatic heterocycles. The van der Waals surface area contributed by atoms with E-state index in [-0.39, 0.29) is 11.3 Å². The Morgan fingerprint density at radius 3 is 2.05 bits per heavy atom. The predicted molar refractivity (Wildman–Crippen MR) is 143 cm³/mol. The molecule has 1 N–H and O–H groups in total. The third-order valence-corrected chi connectivity index (χ3v) is 5.75. The van der Waals surface area contributed by atoms with Gasteiger partial charge in [-0.15, -0.1) is 0 Å². The van der Waals surface area contributed by atoms with Crippen LogP contribution in [0.25, 0.3) is 10.8 Å². The van der Waals surface area contributed by atoms with Crippen molar-refractivity contribution in [2.75, 3.05) is 28.4 Å². The summed E-state index contributed by atoms with van der Waals surface area (Å²) in [6.45, 7) is 0. The van der Waals surface area contributed by atoms with Crippen LogP contribution in [0, 0.1) is 0 Å². The fourth-order valence-electron chi connectivity index (χ4n) is 3.82. The standard InChI is InChI=1S/C29H26N2O7/c1-34-21-12-9-19(10-13-21)29(33)38-24-14-11-18-7-5-6-8-22(18)23(24)17-30-31-28(32)20-15-25(35-2)27(37-4)26(16-20)36-3/h5-17H,1-4H3,(H,31,32). The lowest BCUT2D eigenvalue weighted by molar-refractivity contribution is 0.0734. The first-order valence-corrected chi connectivity index (χ1v) is 11.5. The van der Waals surface area contributed by atoms with Crippen LogP contribution < -0.4 is 29.1 Å². The molecule has 0 heterocycles. The summed E-state index contributed by atoms with van der Waals surface area (Å²) in [4.78, 5) is 25.7. The highest BCUT2D eigenvalue weighted by Crippen LogP contribution is 2.38. The molecule has 0 fully saturated rings. The smallest absolute Gasteiger partial charge is 0.343 e. The van der Waals surface area contributed by atoms with Gasteiger partial charge in [0.05, 0.1) is 40.2 Å². The summed E-state index contributed by atoms with van der Waals surface area (Å²) in [6.07, 6.45) is 1.44. The van der Waals surface area contributed by atoms with E-state index < -0.39 is 11.9 Å². The van der Waals surface area contributed by atoms with Crippen molar-refractivity contribution >= 4 is 28.9 Å². The van der Waals surface area contributed by atoms with Gasteiger partial charge in [0, 0.05) is 11.1 Å². The second kappa shape index (κ2) is 11.8. The summed E-state index contributed by atoms with van der Waals surface area (Å²) in [5.41, 5.74) is 3.63. The van der Waals surface area contributed by atoms with Gasteiger partial charge in [-0.2, -0.15) is 5.10 Å². The van der Waals surface area contributed by atoms with Gasteiger partial charge in [-0.1, -0.05) is 30.3 Å². The van der Waals surface area contributed by atoms with Crippen LogP contribution in [0.5, 0.6) is 28.7 Å². The van der Waals surface area contributed by atoms with Gasteiger partial charge in [-0.25, -0.2) is 10.2 Å². The van der Waals surface area contributed by atoms with E-state index >= 15 is 0 Å². The van der Waals surface area contributed by atoms with Gasteiger partial charge in [0.25, 0.3) is 5.91 Å². The molecule has 0 aliphatic carbocycles. The number of rotatable bonds is 9. The molecule has 0 spiro atoms. The number of hydrogen-bond acceptors (Lipinski definition) is 8. The lowest BCUT2D eigenvalue weighted by Gasteiger charge is -2.13. The Bertz CT molecular complexity index is 1470. The van der Waals surface area contributed by atoms with Crippen molar-refractivity contribution in [1.29, 1.82) is 0 Å². The number of amides is 1. The normalized spacial score (nSPS) is 10.7. The molecule has 0 atom stereocenters. The Hall–Kier alpha value is -5.05. The molecule has 194 valence electrons. The average Bonchev–Trinajstić information content (AvgIpc) is 2.96. The van der Waals surface area contributed by atoms with Crippen molar-refractivity contribution in [2.24, 2.45) is 5.10 Å². The molecular formula is C29H26N2O7. The number of hydrazone groups is 1. The van der Waals surface area contributed by atoms with Gasteiger partial charge in [0.15, 0.2) is 11.5 Å². The number of nitrogens with one attached hydrogen (secondary N) is 1. The van der Waals surface area contributed by atoms with Gasteiger partial charge < -0.3 is 23.7 Å². The zero-order chi connectivity index (χ0) is 27.1. The maximum atomic E-state index is 12.9. The molecule has 4 rings (SSSR count). The van der Waals surface area contributed by atoms with Crippen LogP contribution in [0.3, 0.4) is 0 Å². The van der Waals surface area contributed by atoms with E-state index in [4.69, 9.17) is 23.7 Å². The van der Waals surface area contributed by atoms with Crippen molar-refractivity contribution in [3.63, 3.8) is 0 Å². The molecule has 38 heavy (non-hydrogen) atoms. The SMILES string of the molecule is COc1ccc(C(=O)Oc2ccc3ccccc3c2C=NNC(=O)c2cc(OC)c(OC)c(OC)c2)cc1. The Labute approximate surface area is 219 Å². The number of nitrogens with zero attached hydrogens (tertiary/aromatic N) is 1. The number of esters is 1. The largest absolute Gasteiger partial charge is 0.497 e. The van der Waals surface area contributed by atoms with Crippen molar-refractivity contribution in [1.82, 2.24) is 5.43 Å². The van der Waals surface area contributed by atoms with Gasteiger partial charge in [-0.05, 0) is 53.2 Å². The zero-order valence-corrected chi connectivity index (χ0v) is 21.3. The molecule has 0 aliphatic rings. The summed E-state index contributed by atoms with van der Waals surface area (Å²) < 4.78 is 26.8. The summed E-state index contributed by atoms with van der Waals surface area (Å²) in [7, 11) is 5.96. The maximum Gasteiger partial charge on any atom is 0.343 e. The molecule has 0 saturated heterocycles. The van der Waals surface area contributed by atoms with Crippen molar-refractivity contribution in [3.05, 3.63) is 89.5 Å². The van der Waals surface area contributed by atoms with Gasteiger partial charge in [0.1, 0.15) is 11.5 Å². The average molecular weight is 515 g/mol. The Kier molecular flexibility index (Phi) is 8.07. The summed E-state index contributed by atoms with van der Waals surface area (Å²) in [6, 6.07) is 20.7. The Morgan fingerprint density at radius 2 is 1.42 bits per heavy atom. The molecule has 4 aromatic rings. The van der Waals surface area contributed by atoms with Crippen LogP contribution >= 0.6 is 0 Å². The van der Waals surface area contributed by atoms with Crippen LogP contribution in [0.15, 0.2) is 77.9 Å². The lowest BCUT2D eigenvalue weighted by Crippen LogP contribution is -2.18. The Morgan fingerprint density at radius 1 is 0.737 bits per heavy atom. The molecule has 0 radical (unpaired) electrons. The zero-order valence-electron chi connectivity index (χ0n) is 21.3. The fourth-order valence-corrected chi connectivity index (χ4v) is 3.82. The van der Waals surface area contributed by atoms with Crippen LogP contribution in [-0.4, -0.2) is 46.5 Å². The maximum absolute atomic E-state index is 12.9. The van der Waals surface area contributed by atoms with Crippen LogP contribution in [0.4, 0.5) is 0 Å². The highest BCUT2D eigenvalue weighted by atomic mass is 16.5. The highest BCUT2D eigenvalue weighted by Gasteiger charge is 2.17. The van der Waals surface area contributed by atoms with Crippen molar-refractivity contribution in [3.8, 4) is 28.7 Å². The minimum absolute atomic E-state index is 0.251. The molecule has 0 unspecified atom stereocenters. The van der Waals surface area contributed by atoms with Crippen LogP contribution in [0.1, 0.15) is 26.3 Å². The summed E-state index contributed by atoms with van der Waals surface area (Å²) >= 11 is 0. The molecule has 0 aromatic heterocycles. The molecule has 0 bridgehead atoms. The minimum Gasteiger partial charge on any atom is -0.497 e. The van der Waals surface area contributed by atoms with E-state index in [1.165, 1.54) is 39.7 Å². The number of benzene rings is 4. The number of carbonyl (C=O) groups excluding carboxylic acids is 2. The topological polar surface area (TPSA) is 105 Å². The lowest BCUT2D eigenvalue weighted by atomic mass is 10.0. The number of hydrogen-bond donors (Lipinski definition) is 1. The molecule has 9 heteroatoms. The third kappa shape index (κ3) is 5.52. The fraction of sp³-hybridized carbons (Fsp3) is 0.138. The number of methoxy groups -OCH3 is 4. The summed E-state index contributed by atoms with van der Waals surface area (Å²) in [5.74, 6) is 0.912. The second-order valence-corrected chi connectivity index (χ2v) is 7.93.